The number of hydrogen-bond acceptors (Lipinski definition) is 2. The number of ether oxygens (including phenoxy) is 1. The van der Waals surface area contributed by atoms with Gasteiger partial charge < -0.3 is 9.84 Å². The quantitative estimate of drug-likeness (QED) is 0.741. The topological polar surface area (TPSA) is 29.5 Å². The van der Waals surface area contributed by atoms with Gasteiger partial charge in [-0.2, -0.15) is 0 Å². The molecule has 0 aromatic heterocycles. The van der Waals surface area contributed by atoms with Crippen molar-refractivity contribution in [3.05, 3.63) is 60.2 Å². The van der Waals surface area contributed by atoms with Crippen molar-refractivity contribution in [3.8, 4) is 16.9 Å². The number of aromatic hydroxyl groups is 1. The molecule has 1 N–H and O–H groups in total. The van der Waals surface area contributed by atoms with E-state index in [1.165, 1.54) is 0 Å². The number of phenolic OH excluding ortho intramolecular Hbond substituents is 1. The van der Waals surface area contributed by atoms with Crippen LogP contribution in [0, 0.1) is 0 Å². The highest BCUT2D eigenvalue weighted by Crippen LogP contribution is 2.36. The van der Waals surface area contributed by atoms with Gasteiger partial charge in [0.15, 0.2) is 0 Å². The molecule has 2 aromatic rings. The van der Waals surface area contributed by atoms with Gasteiger partial charge in [0, 0.05) is 11.1 Å². The Morgan fingerprint density at radius 3 is 2.59 bits per heavy atom. The van der Waals surface area contributed by atoms with Crippen molar-refractivity contribution in [2.24, 2.45) is 0 Å². The molecule has 0 atom stereocenters. The summed E-state index contributed by atoms with van der Waals surface area (Å²) in [6, 6.07) is 13.4. The third-order valence-electron chi connectivity index (χ3n) is 3.01. The fourth-order valence-electron chi connectivity index (χ4n) is 2.17. The summed E-state index contributed by atoms with van der Waals surface area (Å²) in [6.45, 7) is 4.38. The summed E-state index contributed by atoms with van der Waals surface area (Å²) in [6.07, 6.45) is 0. The van der Waals surface area contributed by atoms with Gasteiger partial charge in [0.25, 0.3) is 0 Å². The minimum atomic E-state index is 0.261. The molecule has 1 heterocycles. The smallest absolute Gasteiger partial charge is 0.120 e. The summed E-state index contributed by atoms with van der Waals surface area (Å²) in [5.41, 5.74) is 4.19. The summed E-state index contributed by atoms with van der Waals surface area (Å²) in [4.78, 5) is 0. The van der Waals surface area contributed by atoms with Gasteiger partial charge in [-0.25, -0.2) is 0 Å². The maximum atomic E-state index is 9.52. The Kier molecular flexibility index (Phi) is 2.15. The zero-order valence-electron chi connectivity index (χ0n) is 9.31. The maximum absolute atomic E-state index is 9.52. The van der Waals surface area contributed by atoms with E-state index in [0.29, 0.717) is 12.4 Å². The lowest BCUT2D eigenvalue weighted by atomic mass is 9.96. The minimum Gasteiger partial charge on any atom is -0.508 e. The Labute approximate surface area is 99.8 Å². The van der Waals surface area contributed by atoms with Gasteiger partial charge in [-0.15, -0.1) is 0 Å². The molecule has 0 bridgehead atoms. The SMILES string of the molecule is C=C1OCc2cc(O)ccc2-c2ccccc21. The van der Waals surface area contributed by atoms with Gasteiger partial charge in [0.1, 0.15) is 18.1 Å². The third-order valence-corrected chi connectivity index (χ3v) is 3.01. The first-order valence-electron chi connectivity index (χ1n) is 5.49. The number of benzene rings is 2. The first kappa shape index (κ1) is 9.97. The van der Waals surface area contributed by atoms with Crippen LogP contribution in [0.15, 0.2) is 49.0 Å². The molecule has 84 valence electrons. The number of rotatable bonds is 0. The van der Waals surface area contributed by atoms with Crippen molar-refractivity contribution in [2.75, 3.05) is 0 Å². The van der Waals surface area contributed by atoms with E-state index in [4.69, 9.17) is 4.74 Å². The Bertz CT molecular complexity index is 600. The summed E-state index contributed by atoms with van der Waals surface area (Å²) in [7, 11) is 0. The normalized spacial score (nSPS) is 13.3. The average molecular weight is 224 g/mol. The van der Waals surface area contributed by atoms with Crippen molar-refractivity contribution in [1.29, 1.82) is 0 Å². The largest absolute Gasteiger partial charge is 0.508 e. The van der Waals surface area contributed by atoms with Crippen LogP contribution in [0.3, 0.4) is 0 Å². The molecule has 0 radical (unpaired) electrons. The molecular weight excluding hydrogens is 212 g/mol. The predicted molar refractivity (Wildman–Crippen MR) is 67.4 cm³/mol. The van der Waals surface area contributed by atoms with E-state index in [2.05, 4.69) is 6.58 Å². The molecule has 3 rings (SSSR count). The van der Waals surface area contributed by atoms with Crippen molar-refractivity contribution in [1.82, 2.24) is 0 Å². The zero-order valence-corrected chi connectivity index (χ0v) is 9.31. The van der Waals surface area contributed by atoms with E-state index in [-0.39, 0.29) is 5.75 Å². The van der Waals surface area contributed by atoms with E-state index in [1.807, 2.05) is 30.3 Å². The summed E-state index contributed by atoms with van der Waals surface area (Å²) >= 11 is 0. The van der Waals surface area contributed by atoms with Crippen LogP contribution in [0.4, 0.5) is 0 Å². The van der Waals surface area contributed by atoms with Gasteiger partial charge >= 0.3 is 0 Å². The van der Waals surface area contributed by atoms with E-state index in [0.717, 1.165) is 22.3 Å². The lowest BCUT2D eigenvalue weighted by Crippen LogP contribution is -1.88. The third kappa shape index (κ3) is 1.58. The van der Waals surface area contributed by atoms with Gasteiger partial charge in [-0.05, 0) is 23.3 Å². The van der Waals surface area contributed by atoms with E-state index in [1.54, 1.807) is 12.1 Å². The molecular formula is C15H12O2. The van der Waals surface area contributed by atoms with Crippen LogP contribution in [-0.2, 0) is 11.3 Å². The van der Waals surface area contributed by atoms with Crippen molar-refractivity contribution >= 4 is 5.76 Å². The van der Waals surface area contributed by atoms with Crippen LogP contribution < -0.4 is 0 Å². The highest BCUT2D eigenvalue weighted by molar-refractivity contribution is 5.81. The maximum Gasteiger partial charge on any atom is 0.120 e. The summed E-state index contributed by atoms with van der Waals surface area (Å²) in [5.74, 6) is 0.939. The molecule has 0 saturated heterocycles. The van der Waals surface area contributed by atoms with Crippen molar-refractivity contribution in [2.45, 2.75) is 6.61 Å². The Morgan fingerprint density at radius 1 is 1.00 bits per heavy atom. The highest BCUT2D eigenvalue weighted by Gasteiger charge is 2.17. The van der Waals surface area contributed by atoms with E-state index < -0.39 is 0 Å². The van der Waals surface area contributed by atoms with Gasteiger partial charge in [-0.1, -0.05) is 36.9 Å². The molecule has 0 unspecified atom stereocenters. The molecule has 0 amide bonds. The summed E-state index contributed by atoms with van der Waals surface area (Å²) in [5, 5.41) is 9.52. The monoisotopic (exact) mass is 224 g/mol. The first-order chi connectivity index (χ1) is 8.25. The number of fused-ring (bicyclic) bond motifs is 3. The van der Waals surface area contributed by atoms with Crippen LogP contribution in [0.25, 0.3) is 16.9 Å². The standard InChI is InChI=1S/C15H12O2/c1-10-13-4-2-3-5-15(13)14-7-6-12(16)8-11(14)9-17-10/h2-8,16H,1,9H2. The lowest BCUT2D eigenvalue weighted by Gasteiger charge is -2.07. The van der Waals surface area contributed by atoms with Crippen molar-refractivity contribution in [3.63, 3.8) is 0 Å². The molecule has 0 saturated carbocycles. The minimum absolute atomic E-state index is 0.261. The number of phenols is 1. The molecule has 0 aliphatic carbocycles. The molecule has 0 fully saturated rings. The molecule has 2 aromatic carbocycles. The van der Waals surface area contributed by atoms with Crippen LogP contribution in [-0.4, -0.2) is 5.11 Å². The van der Waals surface area contributed by atoms with Crippen LogP contribution in [0.2, 0.25) is 0 Å². The van der Waals surface area contributed by atoms with Gasteiger partial charge in [-0.3, -0.25) is 0 Å². The molecule has 2 nitrogen and oxygen atoms in total. The molecule has 2 heteroatoms. The second kappa shape index (κ2) is 3.67. The number of hydrogen-bond donors (Lipinski definition) is 1. The fourth-order valence-corrected chi connectivity index (χ4v) is 2.17. The molecule has 0 spiro atoms. The average Bonchev–Trinajstić information content (AvgIpc) is 2.48. The summed E-state index contributed by atoms with van der Waals surface area (Å²) < 4.78 is 5.61. The Hall–Kier alpha value is -2.22. The van der Waals surface area contributed by atoms with Crippen LogP contribution in [0.1, 0.15) is 11.1 Å². The molecule has 1 aliphatic rings. The Morgan fingerprint density at radius 2 is 1.76 bits per heavy atom. The van der Waals surface area contributed by atoms with E-state index >= 15 is 0 Å². The van der Waals surface area contributed by atoms with Crippen molar-refractivity contribution < 1.29 is 9.84 Å². The highest BCUT2D eigenvalue weighted by atomic mass is 16.5. The lowest BCUT2D eigenvalue weighted by molar-refractivity contribution is 0.267. The Balaban J connectivity index is 2.30. The fraction of sp³-hybridized carbons (Fsp3) is 0.0667. The van der Waals surface area contributed by atoms with Gasteiger partial charge in [0.05, 0.1) is 0 Å². The second-order valence-corrected chi connectivity index (χ2v) is 4.10. The van der Waals surface area contributed by atoms with Crippen LogP contribution >= 0.6 is 0 Å². The predicted octanol–water partition coefficient (Wildman–Crippen LogP) is 3.56. The van der Waals surface area contributed by atoms with E-state index in [9.17, 15) is 5.11 Å². The zero-order chi connectivity index (χ0) is 11.8. The van der Waals surface area contributed by atoms with Crippen LogP contribution in [0.5, 0.6) is 5.75 Å². The first-order valence-corrected chi connectivity index (χ1v) is 5.49. The molecule has 1 aliphatic heterocycles. The molecule has 17 heavy (non-hydrogen) atoms. The van der Waals surface area contributed by atoms with Gasteiger partial charge in [0.2, 0.25) is 0 Å². The second-order valence-electron chi connectivity index (χ2n) is 4.10.